The number of anilines is 1. The summed E-state index contributed by atoms with van der Waals surface area (Å²) in [5.41, 5.74) is 3.08. The second-order valence-electron chi connectivity index (χ2n) is 11.0. The lowest BCUT2D eigenvalue weighted by molar-refractivity contribution is -0.113. The highest BCUT2D eigenvalue weighted by Crippen LogP contribution is 2.36. The van der Waals surface area contributed by atoms with Gasteiger partial charge in [0.2, 0.25) is 0 Å². The Bertz CT molecular complexity index is 1480. The van der Waals surface area contributed by atoms with E-state index in [0.717, 1.165) is 36.6 Å². The van der Waals surface area contributed by atoms with Crippen molar-refractivity contribution in [3.8, 4) is 22.9 Å². The van der Waals surface area contributed by atoms with Crippen LogP contribution in [0.2, 0.25) is 0 Å². The van der Waals surface area contributed by atoms with E-state index in [2.05, 4.69) is 21.0 Å². The molecule has 2 bridgehead atoms. The van der Waals surface area contributed by atoms with Gasteiger partial charge in [-0.2, -0.15) is 10.4 Å². The highest BCUT2D eigenvalue weighted by molar-refractivity contribution is 5.92. The van der Waals surface area contributed by atoms with Crippen molar-refractivity contribution in [1.29, 1.82) is 5.26 Å². The molecule has 0 saturated carbocycles. The first-order chi connectivity index (χ1) is 18.3. The second kappa shape index (κ2) is 9.39. The van der Waals surface area contributed by atoms with Gasteiger partial charge in [-0.15, -0.1) is 0 Å². The third-order valence-corrected chi connectivity index (χ3v) is 7.44. The van der Waals surface area contributed by atoms with Gasteiger partial charge in [0, 0.05) is 55.5 Å². The third kappa shape index (κ3) is 4.69. The van der Waals surface area contributed by atoms with Crippen molar-refractivity contribution in [1.82, 2.24) is 19.5 Å². The Morgan fingerprint density at radius 1 is 1.21 bits per heavy atom. The van der Waals surface area contributed by atoms with Gasteiger partial charge in [0.1, 0.15) is 24.2 Å². The Morgan fingerprint density at radius 2 is 2.03 bits per heavy atom. The van der Waals surface area contributed by atoms with E-state index in [0.29, 0.717) is 35.3 Å². The molecule has 1 aliphatic carbocycles. The van der Waals surface area contributed by atoms with Crippen LogP contribution < -0.4 is 9.64 Å². The first kappa shape index (κ1) is 24.3. The fraction of sp³-hybridized carbons (Fsp3) is 0.379. The zero-order chi connectivity index (χ0) is 26.4. The molecule has 0 amide bonds. The third-order valence-electron chi connectivity index (χ3n) is 7.44. The van der Waals surface area contributed by atoms with E-state index in [9.17, 15) is 15.2 Å². The standard InChI is InChI=1S/C29H30N6O3/c1-29(2,37)18-38-25-10-26(28-21(11-30)13-32-35(28)17-25)20-5-8-27(31-12-20)33-15-22-9-23(16-33)34(22)14-19-3-6-24(36)7-4-19/h3-6,8,10,12-13,17,22-23,37H,7,9,14-16,18H2,1-2H3. The maximum Gasteiger partial charge on any atom is 0.159 e. The number of fused-ring (bicyclic) bond motifs is 3. The van der Waals surface area contributed by atoms with Gasteiger partial charge in [-0.25, -0.2) is 9.50 Å². The number of carbonyl (C=O) groups is 1. The molecular weight excluding hydrogens is 480 g/mol. The number of ether oxygens (including phenoxy) is 1. The molecule has 3 fully saturated rings. The fourth-order valence-corrected chi connectivity index (χ4v) is 5.50. The molecule has 0 aromatic carbocycles. The van der Waals surface area contributed by atoms with Crippen molar-refractivity contribution in [3.63, 3.8) is 0 Å². The zero-order valence-corrected chi connectivity index (χ0v) is 21.5. The van der Waals surface area contributed by atoms with Crippen LogP contribution in [-0.2, 0) is 4.79 Å². The second-order valence-corrected chi connectivity index (χ2v) is 11.0. The topological polar surface area (TPSA) is 107 Å². The quantitative estimate of drug-likeness (QED) is 0.517. The van der Waals surface area contributed by atoms with E-state index >= 15 is 0 Å². The first-order valence-electron chi connectivity index (χ1n) is 12.9. The van der Waals surface area contributed by atoms with Crippen LogP contribution in [0.25, 0.3) is 16.6 Å². The first-order valence-corrected chi connectivity index (χ1v) is 12.9. The van der Waals surface area contributed by atoms with Crippen molar-refractivity contribution < 1.29 is 14.6 Å². The Balaban J connectivity index is 1.20. The number of allylic oxidation sites excluding steroid dienone is 2. The molecule has 3 aliphatic heterocycles. The van der Waals surface area contributed by atoms with Crippen molar-refractivity contribution in [2.45, 2.75) is 44.4 Å². The van der Waals surface area contributed by atoms with Gasteiger partial charge in [0.05, 0.1) is 29.1 Å². The molecule has 7 rings (SSSR count). The number of hydrogen-bond acceptors (Lipinski definition) is 8. The predicted molar refractivity (Wildman–Crippen MR) is 143 cm³/mol. The van der Waals surface area contributed by atoms with Crippen molar-refractivity contribution in [2.24, 2.45) is 0 Å². The SMILES string of the molecule is CC(C)(O)COc1cc(-c2ccc(N3CC4CC(C3)N4CC3=CCC(=O)C=C3)nc2)c2c(C#N)cnn2c1. The molecule has 0 radical (unpaired) electrons. The number of hydrogen-bond donors (Lipinski definition) is 1. The summed E-state index contributed by atoms with van der Waals surface area (Å²) in [6, 6.07) is 9.12. The molecule has 3 saturated heterocycles. The average Bonchev–Trinajstić information content (AvgIpc) is 3.34. The Hall–Kier alpha value is -4.00. The average molecular weight is 511 g/mol. The molecule has 2 unspecified atom stereocenters. The number of nitriles is 1. The molecule has 38 heavy (non-hydrogen) atoms. The van der Waals surface area contributed by atoms with E-state index in [1.54, 1.807) is 36.8 Å². The Kier molecular flexibility index (Phi) is 6.01. The number of piperazine rings is 1. The van der Waals surface area contributed by atoms with Gasteiger partial charge in [0.15, 0.2) is 5.78 Å². The molecule has 1 N–H and O–H groups in total. The van der Waals surface area contributed by atoms with Crippen LogP contribution in [-0.4, -0.2) is 74.3 Å². The van der Waals surface area contributed by atoms with Crippen LogP contribution in [0, 0.1) is 11.3 Å². The van der Waals surface area contributed by atoms with Crippen molar-refractivity contribution in [3.05, 3.63) is 66.2 Å². The number of rotatable bonds is 7. The van der Waals surface area contributed by atoms with Crippen molar-refractivity contribution in [2.75, 3.05) is 31.1 Å². The highest BCUT2D eigenvalue weighted by atomic mass is 16.5. The lowest BCUT2D eigenvalue weighted by atomic mass is 9.86. The molecule has 3 aromatic heterocycles. The van der Waals surface area contributed by atoms with Gasteiger partial charge < -0.3 is 14.7 Å². The van der Waals surface area contributed by atoms with Crippen LogP contribution in [0.5, 0.6) is 5.75 Å². The number of piperidine rings is 1. The Morgan fingerprint density at radius 3 is 2.68 bits per heavy atom. The largest absolute Gasteiger partial charge is 0.489 e. The summed E-state index contributed by atoms with van der Waals surface area (Å²) >= 11 is 0. The van der Waals surface area contributed by atoms with Gasteiger partial charge in [-0.05, 0) is 50.1 Å². The molecule has 9 nitrogen and oxygen atoms in total. The summed E-state index contributed by atoms with van der Waals surface area (Å²) < 4.78 is 7.48. The maximum absolute atomic E-state index is 11.5. The summed E-state index contributed by atoms with van der Waals surface area (Å²) in [5.74, 6) is 1.66. The number of carbonyl (C=O) groups excluding carboxylic acids is 1. The van der Waals surface area contributed by atoms with E-state index in [-0.39, 0.29) is 12.4 Å². The van der Waals surface area contributed by atoms with Gasteiger partial charge >= 0.3 is 0 Å². The molecule has 4 aliphatic rings. The molecule has 3 aromatic rings. The summed E-state index contributed by atoms with van der Waals surface area (Å²) in [5, 5.41) is 24.0. The summed E-state index contributed by atoms with van der Waals surface area (Å²) in [7, 11) is 0. The number of ketones is 1. The predicted octanol–water partition coefficient (Wildman–Crippen LogP) is 3.14. The molecular formula is C29H30N6O3. The highest BCUT2D eigenvalue weighted by Gasteiger charge is 2.44. The van der Waals surface area contributed by atoms with Gasteiger partial charge in [-0.3, -0.25) is 9.69 Å². The molecule has 9 heteroatoms. The van der Waals surface area contributed by atoms with Crippen LogP contribution in [0.1, 0.15) is 32.3 Å². The van der Waals surface area contributed by atoms with Crippen LogP contribution >= 0.6 is 0 Å². The molecule has 6 heterocycles. The number of nitrogens with zero attached hydrogens (tertiary/aromatic N) is 6. The Labute approximate surface area is 221 Å². The van der Waals surface area contributed by atoms with E-state index in [1.807, 2.05) is 36.5 Å². The van der Waals surface area contributed by atoms with Crippen LogP contribution in [0.15, 0.2) is 60.6 Å². The van der Waals surface area contributed by atoms with Crippen molar-refractivity contribution >= 4 is 17.1 Å². The summed E-state index contributed by atoms with van der Waals surface area (Å²) in [4.78, 5) is 21.1. The minimum absolute atomic E-state index is 0.127. The molecule has 0 spiro atoms. The smallest absolute Gasteiger partial charge is 0.159 e. The van der Waals surface area contributed by atoms with E-state index in [1.165, 1.54) is 12.0 Å². The number of aliphatic hydroxyl groups is 1. The maximum atomic E-state index is 11.5. The van der Waals surface area contributed by atoms with E-state index in [4.69, 9.17) is 9.72 Å². The van der Waals surface area contributed by atoms with E-state index < -0.39 is 5.60 Å². The lowest BCUT2D eigenvalue weighted by Crippen LogP contribution is -2.69. The minimum atomic E-state index is -0.978. The van der Waals surface area contributed by atoms with Crippen LogP contribution in [0.4, 0.5) is 5.82 Å². The van der Waals surface area contributed by atoms with Crippen LogP contribution in [0.3, 0.4) is 0 Å². The zero-order valence-electron chi connectivity index (χ0n) is 21.5. The molecule has 2 atom stereocenters. The van der Waals surface area contributed by atoms with Gasteiger partial charge in [0.25, 0.3) is 0 Å². The van der Waals surface area contributed by atoms with Gasteiger partial charge in [-0.1, -0.05) is 12.2 Å². The monoisotopic (exact) mass is 510 g/mol. The summed E-state index contributed by atoms with van der Waals surface area (Å²) in [6.07, 6.45) is 12.5. The number of aromatic nitrogens is 3. The fourth-order valence-electron chi connectivity index (χ4n) is 5.50. The minimum Gasteiger partial charge on any atom is -0.489 e. The normalized spacial score (nSPS) is 21.3. The number of pyridine rings is 2. The molecule has 194 valence electrons. The summed E-state index contributed by atoms with van der Waals surface area (Å²) in [6.45, 7) is 6.24. The lowest BCUT2D eigenvalue weighted by Gasteiger charge is -2.57.